The number of rotatable bonds is 1. The van der Waals surface area contributed by atoms with E-state index in [9.17, 15) is 9.59 Å². The molecule has 1 aliphatic carbocycles. The van der Waals surface area contributed by atoms with Gasteiger partial charge in [-0.2, -0.15) is 0 Å². The highest BCUT2D eigenvalue weighted by Crippen LogP contribution is 2.20. The first-order valence-corrected chi connectivity index (χ1v) is 4.78. The molecule has 15 heavy (non-hydrogen) atoms. The number of nitrogens with zero attached hydrogens (tertiary/aromatic N) is 1. The second-order valence-corrected chi connectivity index (χ2v) is 3.49. The van der Waals surface area contributed by atoms with E-state index in [0.717, 1.165) is 25.7 Å². The quantitative estimate of drug-likeness (QED) is 0.761. The highest BCUT2D eigenvalue weighted by molar-refractivity contribution is 5.86. The predicted octanol–water partition coefficient (Wildman–Crippen LogP) is 2.49. The van der Waals surface area contributed by atoms with Gasteiger partial charge in [0.15, 0.2) is 0 Å². The number of hydrogen-bond donors (Lipinski definition) is 1. The Hall–Kier alpha value is -0.970. The van der Waals surface area contributed by atoms with E-state index in [2.05, 4.69) is 0 Å². The van der Waals surface area contributed by atoms with Crippen LogP contribution in [0.4, 0.5) is 9.59 Å². The Bertz CT molecular complexity index is 228. The first-order valence-electron chi connectivity index (χ1n) is 4.78. The van der Waals surface area contributed by atoms with Crippen LogP contribution in [0.2, 0.25) is 0 Å². The Kier molecular flexibility index (Phi) is 6.08. The molecule has 0 spiro atoms. The summed E-state index contributed by atoms with van der Waals surface area (Å²) < 4.78 is 5.02. The van der Waals surface area contributed by atoms with E-state index < -0.39 is 12.2 Å². The van der Waals surface area contributed by atoms with E-state index in [-0.39, 0.29) is 18.5 Å². The van der Waals surface area contributed by atoms with Crippen molar-refractivity contribution in [1.29, 1.82) is 0 Å². The summed E-state index contributed by atoms with van der Waals surface area (Å²) in [5, 5.41) is 8.51. The lowest BCUT2D eigenvalue weighted by molar-refractivity contribution is 0.0515. The molecule has 6 heteroatoms. The topological polar surface area (TPSA) is 66.8 Å². The molecule has 0 unspecified atom stereocenters. The number of hydrogen-bond acceptors (Lipinski definition) is 3. The Morgan fingerprint density at radius 2 is 1.80 bits per heavy atom. The minimum absolute atomic E-state index is 0. The summed E-state index contributed by atoms with van der Waals surface area (Å²) in [6, 6.07) is 0. The minimum Gasteiger partial charge on any atom is -0.465 e. The third kappa shape index (κ3) is 4.38. The van der Waals surface area contributed by atoms with Crippen molar-refractivity contribution in [1.82, 2.24) is 4.90 Å². The summed E-state index contributed by atoms with van der Waals surface area (Å²) >= 11 is 0. The molecule has 5 nitrogen and oxygen atoms in total. The fraction of sp³-hybridized carbons (Fsp3) is 0.778. The Morgan fingerprint density at radius 1 is 1.27 bits per heavy atom. The van der Waals surface area contributed by atoms with E-state index in [1.54, 1.807) is 0 Å². The first-order chi connectivity index (χ1) is 6.61. The summed E-state index contributed by atoms with van der Waals surface area (Å²) in [6.45, 7) is 0. The number of carbonyl (C=O) groups excluding carboxylic acids is 1. The average Bonchev–Trinajstić information content (AvgIpc) is 2.18. The largest absolute Gasteiger partial charge is 0.465 e. The van der Waals surface area contributed by atoms with Crippen molar-refractivity contribution in [2.45, 2.75) is 38.2 Å². The molecule has 1 saturated carbocycles. The number of imide groups is 1. The molecular formula is C9H16ClNO4. The maximum absolute atomic E-state index is 11.2. The van der Waals surface area contributed by atoms with Crippen LogP contribution in [-0.4, -0.2) is 35.3 Å². The van der Waals surface area contributed by atoms with Crippen LogP contribution in [0.25, 0.3) is 0 Å². The van der Waals surface area contributed by atoms with Crippen molar-refractivity contribution in [2.24, 2.45) is 0 Å². The number of halogens is 1. The molecule has 0 aromatic rings. The number of ether oxygens (including phenoxy) is 1. The average molecular weight is 238 g/mol. The van der Waals surface area contributed by atoms with Crippen molar-refractivity contribution in [2.75, 3.05) is 7.05 Å². The third-order valence-corrected chi connectivity index (χ3v) is 2.38. The highest BCUT2D eigenvalue weighted by atomic mass is 35.5. The molecule has 0 aliphatic heterocycles. The van der Waals surface area contributed by atoms with Crippen molar-refractivity contribution >= 4 is 24.6 Å². The maximum Gasteiger partial charge on any atom is 0.419 e. The van der Waals surface area contributed by atoms with Gasteiger partial charge < -0.3 is 9.84 Å². The normalized spacial score (nSPS) is 16.3. The van der Waals surface area contributed by atoms with Gasteiger partial charge in [0.05, 0.1) is 0 Å². The molecule has 0 aromatic heterocycles. The van der Waals surface area contributed by atoms with Crippen LogP contribution in [0.1, 0.15) is 32.1 Å². The summed E-state index contributed by atoms with van der Waals surface area (Å²) in [5.74, 6) is 0. The van der Waals surface area contributed by atoms with Crippen LogP contribution < -0.4 is 0 Å². The van der Waals surface area contributed by atoms with Gasteiger partial charge in [-0.15, -0.1) is 12.4 Å². The standard InChI is InChI=1S/C9H15NO4.ClH/c1-10(8(11)12)9(13)14-7-5-3-2-4-6-7;/h7H,2-6H2,1H3,(H,11,12);1H. The SMILES string of the molecule is CN(C(=O)O)C(=O)OC1CCCCC1.Cl. The minimum atomic E-state index is -1.29. The Labute approximate surface area is 94.8 Å². The first kappa shape index (κ1) is 14.0. The molecular weight excluding hydrogens is 222 g/mol. The van der Waals surface area contributed by atoms with E-state index in [0.29, 0.717) is 4.90 Å². The molecule has 0 atom stereocenters. The fourth-order valence-corrected chi connectivity index (χ4v) is 1.48. The van der Waals surface area contributed by atoms with Gasteiger partial charge in [0.1, 0.15) is 6.10 Å². The van der Waals surface area contributed by atoms with Crippen molar-refractivity contribution in [3.8, 4) is 0 Å². The summed E-state index contributed by atoms with van der Waals surface area (Å²) in [4.78, 5) is 22.1. The molecule has 0 radical (unpaired) electrons. The van der Waals surface area contributed by atoms with Crippen LogP contribution in [0.3, 0.4) is 0 Å². The molecule has 0 bridgehead atoms. The zero-order chi connectivity index (χ0) is 10.6. The molecule has 0 aromatic carbocycles. The summed E-state index contributed by atoms with van der Waals surface area (Å²) in [7, 11) is 1.19. The zero-order valence-electron chi connectivity index (χ0n) is 8.64. The van der Waals surface area contributed by atoms with Gasteiger partial charge in [0.25, 0.3) is 0 Å². The van der Waals surface area contributed by atoms with E-state index >= 15 is 0 Å². The van der Waals surface area contributed by atoms with Crippen molar-refractivity contribution in [3.05, 3.63) is 0 Å². The van der Waals surface area contributed by atoms with Gasteiger partial charge in [0.2, 0.25) is 0 Å². The van der Waals surface area contributed by atoms with Crippen molar-refractivity contribution in [3.63, 3.8) is 0 Å². The van der Waals surface area contributed by atoms with Crippen LogP contribution in [0.15, 0.2) is 0 Å². The van der Waals surface area contributed by atoms with Crippen LogP contribution in [0, 0.1) is 0 Å². The second-order valence-electron chi connectivity index (χ2n) is 3.49. The third-order valence-electron chi connectivity index (χ3n) is 2.38. The lowest BCUT2D eigenvalue weighted by Gasteiger charge is -2.23. The molecule has 2 amide bonds. The molecule has 1 N–H and O–H groups in total. The van der Waals surface area contributed by atoms with Crippen molar-refractivity contribution < 1.29 is 19.4 Å². The lowest BCUT2D eigenvalue weighted by atomic mass is 9.98. The molecule has 0 heterocycles. The number of carboxylic acid groups (broad SMARTS) is 1. The molecule has 88 valence electrons. The summed E-state index contributed by atoms with van der Waals surface area (Å²) in [5.41, 5.74) is 0. The molecule has 1 rings (SSSR count). The van der Waals surface area contributed by atoms with Crippen LogP contribution >= 0.6 is 12.4 Å². The highest BCUT2D eigenvalue weighted by Gasteiger charge is 2.22. The van der Waals surface area contributed by atoms with Crippen LogP contribution in [0.5, 0.6) is 0 Å². The van der Waals surface area contributed by atoms with E-state index in [1.807, 2.05) is 0 Å². The van der Waals surface area contributed by atoms with Gasteiger partial charge in [-0.25, -0.2) is 14.5 Å². The van der Waals surface area contributed by atoms with Gasteiger partial charge in [-0.1, -0.05) is 6.42 Å². The zero-order valence-corrected chi connectivity index (χ0v) is 9.46. The van der Waals surface area contributed by atoms with E-state index in [4.69, 9.17) is 9.84 Å². The number of amides is 2. The second kappa shape index (κ2) is 6.50. The van der Waals surface area contributed by atoms with Gasteiger partial charge in [0, 0.05) is 7.05 Å². The predicted molar refractivity (Wildman–Crippen MR) is 56.4 cm³/mol. The maximum atomic E-state index is 11.2. The van der Waals surface area contributed by atoms with Crippen LogP contribution in [-0.2, 0) is 4.74 Å². The van der Waals surface area contributed by atoms with Gasteiger partial charge in [-0.05, 0) is 25.7 Å². The van der Waals surface area contributed by atoms with Gasteiger partial charge >= 0.3 is 12.2 Å². The summed E-state index contributed by atoms with van der Waals surface area (Å²) in [6.07, 6.45) is 2.80. The van der Waals surface area contributed by atoms with E-state index in [1.165, 1.54) is 13.5 Å². The Morgan fingerprint density at radius 3 is 2.27 bits per heavy atom. The molecule has 1 aliphatic rings. The van der Waals surface area contributed by atoms with Gasteiger partial charge in [-0.3, -0.25) is 0 Å². The smallest absolute Gasteiger partial charge is 0.419 e. The monoisotopic (exact) mass is 237 g/mol. The fourth-order valence-electron chi connectivity index (χ4n) is 1.48. The Balaban J connectivity index is 0.00000196. The molecule has 0 saturated heterocycles. The number of carbonyl (C=O) groups is 2. The molecule has 1 fully saturated rings. The lowest BCUT2D eigenvalue weighted by Crippen LogP contribution is -2.35.